The molecule has 4 fully saturated rings. The van der Waals surface area contributed by atoms with E-state index in [0.29, 0.717) is 112 Å². The highest BCUT2D eigenvalue weighted by Gasteiger charge is 2.28. The molecule has 7 heterocycles. The Morgan fingerprint density at radius 3 is 1.54 bits per heavy atom. The smallest absolute Gasteiger partial charge is 0.280 e. The Balaban J connectivity index is 0.000000193. The van der Waals surface area contributed by atoms with Crippen LogP contribution in [0.25, 0.3) is 0 Å². The van der Waals surface area contributed by atoms with Crippen molar-refractivity contribution in [3.05, 3.63) is 87.1 Å². The Morgan fingerprint density at radius 1 is 0.629 bits per heavy atom. The van der Waals surface area contributed by atoms with Gasteiger partial charge in [-0.1, -0.05) is 0 Å². The van der Waals surface area contributed by atoms with E-state index >= 15 is 0 Å². The number of ether oxygens (including phenoxy) is 2. The summed E-state index contributed by atoms with van der Waals surface area (Å²) in [5, 5.41) is 27.7. The molecule has 5 aromatic rings. The lowest BCUT2D eigenvalue weighted by Crippen LogP contribution is -2.48. The van der Waals surface area contributed by atoms with E-state index in [1.807, 2.05) is 22.1 Å². The number of nitrogens with two attached hydrogens (primary N) is 3. The summed E-state index contributed by atoms with van der Waals surface area (Å²) in [6, 6.07) is 13.7. The Bertz CT molecular complexity index is 2660. The van der Waals surface area contributed by atoms with Crippen molar-refractivity contribution < 1.29 is 33.4 Å². The molecule has 3 aromatic heterocycles. The number of hydrogen-bond acceptors (Lipinski definition) is 20. The molecule has 4 saturated heterocycles. The number of aromatic nitrogens is 7. The number of amides is 5. The minimum Gasteiger partial charge on any atom is -0.378 e. The van der Waals surface area contributed by atoms with E-state index in [-0.39, 0.29) is 52.8 Å². The lowest BCUT2D eigenvalue weighted by Gasteiger charge is -2.32. The van der Waals surface area contributed by atoms with Crippen LogP contribution in [0.5, 0.6) is 0 Å². The van der Waals surface area contributed by atoms with Gasteiger partial charge in [-0.25, -0.2) is 4.98 Å². The summed E-state index contributed by atoms with van der Waals surface area (Å²) in [5.74, 6) is -0.749. The van der Waals surface area contributed by atoms with Crippen LogP contribution in [0.4, 0.5) is 34.9 Å². The molecule has 2 atom stereocenters. The molecule has 25 heteroatoms. The normalized spacial score (nSPS) is 18.3. The highest BCUT2D eigenvalue weighted by atomic mass is 32.1. The van der Waals surface area contributed by atoms with E-state index in [1.54, 1.807) is 58.3 Å². The third-order valence-electron chi connectivity index (χ3n) is 11.8. The first kappa shape index (κ1) is 49.0. The molecule has 0 aliphatic carbocycles. The first-order valence-electron chi connectivity index (χ1n) is 22.9. The summed E-state index contributed by atoms with van der Waals surface area (Å²) in [4.78, 5) is 82.4. The number of piperidine rings is 2. The number of hydrogen-bond donors (Lipinski definition) is 6. The van der Waals surface area contributed by atoms with Crippen molar-refractivity contribution in [3.8, 4) is 0 Å². The van der Waals surface area contributed by atoms with Gasteiger partial charge in [-0.3, -0.25) is 24.0 Å². The number of thiazole rings is 1. The maximum Gasteiger partial charge on any atom is 0.280 e. The van der Waals surface area contributed by atoms with Gasteiger partial charge in [0.05, 0.1) is 26.4 Å². The molecule has 5 amide bonds. The summed E-state index contributed by atoms with van der Waals surface area (Å²) < 4.78 is 10.6. The first-order valence-corrected chi connectivity index (χ1v) is 23.8. The van der Waals surface area contributed by atoms with Crippen LogP contribution >= 0.6 is 11.3 Å². The van der Waals surface area contributed by atoms with Gasteiger partial charge in [-0.05, 0) is 81.1 Å². The third-order valence-corrected chi connectivity index (χ3v) is 12.8. The van der Waals surface area contributed by atoms with Gasteiger partial charge in [0, 0.05) is 98.0 Å². The number of primary amides is 2. The molecule has 24 nitrogen and oxygen atoms in total. The zero-order chi connectivity index (χ0) is 49.1. The number of anilines is 6. The first-order chi connectivity index (χ1) is 33.9. The Kier molecular flexibility index (Phi) is 15.9. The second kappa shape index (κ2) is 22.8. The number of benzene rings is 2. The molecule has 0 bridgehead atoms. The quantitative estimate of drug-likeness (QED) is 0.103. The number of morpholine rings is 2. The molecule has 4 aliphatic rings. The van der Waals surface area contributed by atoms with Crippen molar-refractivity contribution in [2.45, 2.75) is 44.7 Å². The van der Waals surface area contributed by atoms with E-state index in [0.717, 1.165) is 37.9 Å². The Hall–Kier alpha value is -7.48. The minimum atomic E-state index is -0.773. The fourth-order valence-electron chi connectivity index (χ4n) is 8.15. The lowest BCUT2D eigenvalue weighted by atomic mass is 10.1. The molecule has 4 aliphatic heterocycles. The van der Waals surface area contributed by atoms with Crippen molar-refractivity contribution in [1.82, 2.24) is 50.5 Å². The molecule has 9 rings (SSSR count). The highest BCUT2D eigenvalue weighted by molar-refractivity contribution is 7.11. The summed E-state index contributed by atoms with van der Waals surface area (Å²) in [7, 11) is 0. The monoisotopic (exact) mass is 977 g/mol. The number of nitrogens with zero attached hydrogens (tertiary/aromatic N) is 11. The molecule has 0 unspecified atom stereocenters. The van der Waals surface area contributed by atoms with Crippen LogP contribution in [0, 0.1) is 6.92 Å². The fraction of sp³-hybridized carbons (Fsp3) is 0.422. The Labute approximate surface area is 406 Å². The highest BCUT2D eigenvalue weighted by Crippen LogP contribution is 2.25. The van der Waals surface area contributed by atoms with Crippen LogP contribution in [-0.4, -0.2) is 166 Å². The van der Waals surface area contributed by atoms with Crippen molar-refractivity contribution in [1.29, 1.82) is 0 Å². The molecule has 0 saturated carbocycles. The van der Waals surface area contributed by atoms with E-state index in [1.165, 1.54) is 11.3 Å². The van der Waals surface area contributed by atoms with Crippen LogP contribution in [-0.2, 0) is 9.47 Å². The molecular weight excluding hydrogens is 923 g/mol. The van der Waals surface area contributed by atoms with Gasteiger partial charge in [0.1, 0.15) is 0 Å². The van der Waals surface area contributed by atoms with Crippen LogP contribution in [0.3, 0.4) is 0 Å². The molecule has 9 N–H and O–H groups in total. The van der Waals surface area contributed by atoms with Gasteiger partial charge in [0.2, 0.25) is 11.9 Å². The predicted octanol–water partition coefficient (Wildman–Crippen LogP) is 1.46. The Morgan fingerprint density at radius 2 is 1.10 bits per heavy atom. The van der Waals surface area contributed by atoms with Crippen molar-refractivity contribution in [2.75, 3.05) is 99.2 Å². The second-order valence-electron chi connectivity index (χ2n) is 17.0. The SMILES string of the molecule is Cc1csc(C(=O)N[C@@H]2CCCN(c3nnc(C(N)=O)c(Nc4ccc(C(=O)N5CCOCC5)cc4)n3)C2)n1.NC(=O)c1nnc(N2CCC[C@@H](N)C2)nc1Nc1ccc(C(=O)N2CCOCC2)cc1. The molecule has 368 valence electrons. The van der Waals surface area contributed by atoms with E-state index in [9.17, 15) is 24.0 Å². The largest absolute Gasteiger partial charge is 0.378 e. The van der Waals surface area contributed by atoms with Gasteiger partial charge in [0.25, 0.3) is 29.5 Å². The molecule has 2 aromatic carbocycles. The van der Waals surface area contributed by atoms with Crippen LogP contribution in [0.2, 0.25) is 0 Å². The number of carbonyl (C=O) groups is 5. The molecule has 70 heavy (non-hydrogen) atoms. The summed E-state index contributed by atoms with van der Waals surface area (Å²) in [6.45, 7) is 8.80. The second-order valence-corrected chi connectivity index (χ2v) is 17.8. The fourth-order valence-corrected chi connectivity index (χ4v) is 8.84. The van der Waals surface area contributed by atoms with Crippen LogP contribution in [0.1, 0.15) is 82.9 Å². The van der Waals surface area contributed by atoms with Crippen LogP contribution < -0.4 is 43.0 Å². The van der Waals surface area contributed by atoms with E-state index in [2.05, 4.69) is 51.3 Å². The topological polar surface area (TPSA) is 321 Å². The number of rotatable bonds is 12. The van der Waals surface area contributed by atoms with Crippen molar-refractivity contribution >= 4 is 75.8 Å². The zero-order valence-corrected chi connectivity index (χ0v) is 39.4. The van der Waals surface area contributed by atoms with Gasteiger partial charge < -0.3 is 62.2 Å². The van der Waals surface area contributed by atoms with E-state index in [4.69, 9.17) is 26.7 Å². The number of nitrogens with one attached hydrogen (secondary N) is 3. The molecule has 0 radical (unpaired) electrons. The zero-order valence-electron chi connectivity index (χ0n) is 38.6. The number of aryl methyl sites for hydroxylation is 1. The predicted molar refractivity (Wildman–Crippen MR) is 259 cm³/mol. The van der Waals surface area contributed by atoms with Crippen molar-refractivity contribution in [2.24, 2.45) is 17.2 Å². The van der Waals surface area contributed by atoms with Crippen LogP contribution in [0.15, 0.2) is 53.9 Å². The standard InChI is InChI=1S/C25H29N9O4S.C20H26N8O3/c1-15-14-39-23(27-15)22(36)29-18-3-2-8-34(13-18)25-30-21(19(20(26)35)31-32-25)28-17-6-4-16(5-7-17)24(37)33-9-11-38-12-10-33;21-14-2-1-7-28(12-14)20-24-18(16(17(22)29)25-26-20)23-15-5-3-13(4-6-15)19(30)27-8-10-31-11-9-27/h4-7,14,18H,2-3,8-13H2,1H3,(H2,26,35)(H,29,36)(H,28,30,32);3-6,14H,1-2,7-12,21H2,(H2,22,29)(H,23,24,26)/t18-;14-/m11/s1. The third kappa shape index (κ3) is 12.4. The average molecular weight is 978 g/mol. The summed E-state index contributed by atoms with van der Waals surface area (Å²) in [5.41, 5.74) is 20.0. The van der Waals surface area contributed by atoms with Gasteiger partial charge >= 0.3 is 0 Å². The molecule has 0 spiro atoms. The summed E-state index contributed by atoms with van der Waals surface area (Å²) >= 11 is 1.31. The van der Waals surface area contributed by atoms with Gasteiger partial charge in [-0.2, -0.15) is 9.97 Å². The average Bonchev–Trinajstić information content (AvgIpc) is 3.83. The molecular formula is C45H55N17O7S. The van der Waals surface area contributed by atoms with Gasteiger partial charge in [0.15, 0.2) is 28.0 Å². The number of carbonyl (C=O) groups excluding carboxylic acids is 5. The van der Waals surface area contributed by atoms with E-state index < -0.39 is 11.8 Å². The van der Waals surface area contributed by atoms with Gasteiger partial charge in [-0.15, -0.1) is 31.7 Å². The minimum absolute atomic E-state index is 0.0416. The van der Waals surface area contributed by atoms with Crippen molar-refractivity contribution in [3.63, 3.8) is 0 Å². The summed E-state index contributed by atoms with van der Waals surface area (Å²) in [6.07, 6.45) is 3.50. The maximum atomic E-state index is 12.7. The lowest BCUT2D eigenvalue weighted by molar-refractivity contribution is 0.0301. The maximum absolute atomic E-state index is 12.7.